The summed E-state index contributed by atoms with van der Waals surface area (Å²) in [6.45, 7) is 1.39. The summed E-state index contributed by atoms with van der Waals surface area (Å²) in [5.74, 6) is 0. The summed E-state index contributed by atoms with van der Waals surface area (Å²) in [4.78, 5) is 0. The molecule has 1 fully saturated rings. The molecule has 1 aliphatic rings. The van der Waals surface area contributed by atoms with Gasteiger partial charge in [-0.3, -0.25) is 0 Å². The summed E-state index contributed by atoms with van der Waals surface area (Å²) in [6.07, 6.45) is -0.200. The first kappa shape index (κ1) is 15.6. The molecule has 1 atom stereocenters. The van der Waals surface area contributed by atoms with E-state index in [4.69, 9.17) is 10.00 Å². The first-order chi connectivity index (χ1) is 10.0. The number of rotatable bonds is 4. The quantitative estimate of drug-likeness (QED) is 0.915. The lowest BCUT2D eigenvalue weighted by molar-refractivity contribution is -0.137. The standard InChI is InChI=1S/C15H17F3N2O/c16-15(17,18)14-5-4-12(9-11(14)10-19)20-7-6-13-3-1-2-8-21-13/h4-5,9,13,20H,1-3,6-8H2. The first-order valence-corrected chi connectivity index (χ1v) is 6.97. The Labute approximate surface area is 121 Å². The molecule has 0 spiro atoms. The number of nitriles is 1. The second-order valence-corrected chi connectivity index (χ2v) is 5.07. The summed E-state index contributed by atoms with van der Waals surface area (Å²) in [5.41, 5.74) is -0.733. The fraction of sp³-hybridized carbons (Fsp3) is 0.533. The van der Waals surface area contributed by atoms with Crippen LogP contribution in [0.4, 0.5) is 18.9 Å². The van der Waals surface area contributed by atoms with Crippen LogP contribution in [0.1, 0.15) is 36.8 Å². The van der Waals surface area contributed by atoms with Crippen LogP contribution in [0.15, 0.2) is 18.2 Å². The van der Waals surface area contributed by atoms with E-state index in [2.05, 4.69) is 5.32 Å². The van der Waals surface area contributed by atoms with Crippen molar-refractivity contribution in [3.05, 3.63) is 29.3 Å². The zero-order chi connectivity index (χ0) is 15.3. The molecule has 1 aliphatic heterocycles. The Hall–Kier alpha value is -1.74. The summed E-state index contributed by atoms with van der Waals surface area (Å²) in [5, 5.41) is 11.9. The number of hydrogen-bond acceptors (Lipinski definition) is 3. The van der Waals surface area contributed by atoms with Crippen molar-refractivity contribution < 1.29 is 17.9 Å². The first-order valence-electron chi connectivity index (χ1n) is 6.97. The van der Waals surface area contributed by atoms with Gasteiger partial charge in [0.1, 0.15) is 0 Å². The van der Waals surface area contributed by atoms with Crippen LogP contribution < -0.4 is 5.32 Å². The number of ether oxygens (including phenoxy) is 1. The van der Waals surface area contributed by atoms with Gasteiger partial charge < -0.3 is 10.1 Å². The molecule has 1 aromatic carbocycles. The van der Waals surface area contributed by atoms with Gasteiger partial charge in [-0.25, -0.2) is 0 Å². The fourth-order valence-corrected chi connectivity index (χ4v) is 2.41. The lowest BCUT2D eigenvalue weighted by Crippen LogP contribution is -2.22. The van der Waals surface area contributed by atoms with Crippen molar-refractivity contribution in [3.8, 4) is 6.07 Å². The van der Waals surface area contributed by atoms with Crippen molar-refractivity contribution >= 4 is 5.69 Å². The molecule has 1 heterocycles. The number of halogens is 3. The number of nitrogens with zero attached hydrogens (tertiary/aromatic N) is 1. The van der Waals surface area contributed by atoms with E-state index in [1.165, 1.54) is 12.1 Å². The molecular formula is C15H17F3N2O. The van der Waals surface area contributed by atoms with Gasteiger partial charge >= 0.3 is 6.18 Å². The Balaban J connectivity index is 1.93. The predicted octanol–water partition coefficient (Wildman–Crippen LogP) is 3.95. The third-order valence-corrected chi connectivity index (χ3v) is 3.51. The lowest BCUT2D eigenvalue weighted by Gasteiger charge is -2.22. The highest BCUT2D eigenvalue weighted by molar-refractivity contribution is 5.53. The molecule has 3 nitrogen and oxygen atoms in total. The van der Waals surface area contributed by atoms with Gasteiger partial charge in [0.05, 0.1) is 23.3 Å². The van der Waals surface area contributed by atoms with Gasteiger partial charge in [0.2, 0.25) is 0 Å². The highest BCUT2D eigenvalue weighted by atomic mass is 19.4. The van der Waals surface area contributed by atoms with E-state index in [9.17, 15) is 13.2 Å². The summed E-state index contributed by atoms with van der Waals surface area (Å²) < 4.78 is 43.6. The van der Waals surface area contributed by atoms with Crippen molar-refractivity contribution in [2.45, 2.75) is 38.0 Å². The van der Waals surface area contributed by atoms with Crippen LogP contribution >= 0.6 is 0 Å². The number of hydrogen-bond donors (Lipinski definition) is 1. The number of benzene rings is 1. The normalized spacial score (nSPS) is 19.0. The molecule has 0 bridgehead atoms. The lowest BCUT2D eigenvalue weighted by atomic mass is 10.1. The van der Waals surface area contributed by atoms with Crippen LogP contribution in [0.2, 0.25) is 0 Å². The van der Waals surface area contributed by atoms with E-state index in [0.29, 0.717) is 12.2 Å². The maximum atomic E-state index is 12.7. The smallest absolute Gasteiger partial charge is 0.385 e. The second-order valence-electron chi connectivity index (χ2n) is 5.07. The summed E-state index contributed by atoms with van der Waals surface area (Å²) >= 11 is 0. The third kappa shape index (κ3) is 4.36. The molecular weight excluding hydrogens is 281 g/mol. The van der Waals surface area contributed by atoms with E-state index in [1.807, 2.05) is 0 Å². The van der Waals surface area contributed by atoms with E-state index >= 15 is 0 Å². The predicted molar refractivity (Wildman–Crippen MR) is 72.9 cm³/mol. The maximum absolute atomic E-state index is 12.7. The molecule has 1 aromatic rings. The van der Waals surface area contributed by atoms with Gasteiger partial charge in [-0.15, -0.1) is 0 Å². The van der Waals surface area contributed by atoms with Crippen LogP contribution in [0, 0.1) is 11.3 Å². The minimum atomic E-state index is -4.50. The van der Waals surface area contributed by atoms with Crippen molar-refractivity contribution in [2.24, 2.45) is 0 Å². The van der Waals surface area contributed by atoms with E-state index in [-0.39, 0.29) is 11.7 Å². The summed E-state index contributed by atoms with van der Waals surface area (Å²) in [7, 11) is 0. The average molecular weight is 298 g/mol. The molecule has 0 amide bonds. The van der Waals surface area contributed by atoms with Crippen LogP contribution in [0.5, 0.6) is 0 Å². The maximum Gasteiger partial charge on any atom is 0.417 e. The van der Waals surface area contributed by atoms with Crippen LogP contribution in [-0.4, -0.2) is 19.3 Å². The van der Waals surface area contributed by atoms with Gasteiger partial charge in [-0.1, -0.05) is 0 Å². The largest absolute Gasteiger partial charge is 0.417 e. The number of anilines is 1. The highest BCUT2D eigenvalue weighted by Gasteiger charge is 2.33. The Bertz CT molecular complexity index is 517. The highest BCUT2D eigenvalue weighted by Crippen LogP contribution is 2.33. The Morgan fingerprint density at radius 3 is 2.76 bits per heavy atom. The Morgan fingerprint density at radius 1 is 1.33 bits per heavy atom. The van der Waals surface area contributed by atoms with Crippen molar-refractivity contribution in [2.75, 3.05) is 18.5 Å². The molecule has 114 valence electrons. The SMILES string of the molecule is N#Cc1cc(NCCC2CCCCO2)ccc1C(F)(F)F. The van der Waals surface area contributed by atoms with Gasteiger partial charge in [-0.2, -0.15) is 18.4 Å². The molecule has 0 aliphatic carbocycles. The Kier molecular flexibility index (Phi) is 5.07. The molecule has 2 rings (SSSR count). The topological polar surface area (TPSA) is 45.0 Å². The zero-order valence-corrected chi connectivity index (χ0v) is 11.5. The molecule has 0 saturated carbocycles. The van der Waals surface area contributed by atoms with Crippen molar-refractivity contribution in [1.29, 1.82) is 5.26 Å². The van der Waals surface area contributed by atoms with E-state index in [1.54, 1.807) is 6.07 Å². The minimum Gasteiger partial charge on any atom is -0.385 e. The molecule has 6 heteroatoms. The molecule has 1 saturated heterocycles. The van der Waals surface area contributed by atoms with Crippen LogP contribution in [0.25, 0.3) is 0 Å². The zero-order valence-electron chi connectivity index (χ0n) is 11.5. The third-order valence-electron chi connectivity index (χ3n) is 3.51. The fourth-order valence-electron chi connectivity index (χ4n) is 2.41. The van der Waals surface area contributed by atoms with Gasteiger partial charge in [-0.05, 0) is 43.9 Å². The number of alkyl halides is 3. The van der Waals surface area contributed by atoms with Crippen LogP contribution in [0.3, 0.4) is 0 Å². The molecule has 0 radical (unpaired) electrons. The molecule has 21 heavy (non-hydrogen) atoms. The second kappa shape index (κ2) is 6.81. The van der Waals surface area contributed by atoms with E-state index < -0.39 is 11.7 Å². The average Bonchev–Trinajstić information content (AvgIpc) is 2.47. The van der Waals surface area contributed by atoms with E-state index in [0.717, 1.165) is 38.4 Å². The molecule has 0 aromatic heterocycles. The van der Waals surface area contributed by atoms with Gasteiger partial charge in [0.15, 0.2) is 0 Å². The Morgan fingerprint density at radius 2 is 2.14 bits per heavy atom. The number of nitrogens with one attached hydrogen (secondary N) is 1. The van der Waals surface area contributed by atoms with Crippen molar-refractivity contribution in [3.63, 3.8) is 0 Å². The van der Waals surface area contributed by atoms with Crippen LogP contribution in [-0.2, 0) is 10.9 Å². The van der Waals surface area contributed by atoms with Crippen molar-refractivity contribution in [1.82, 2.24) is 0 Å². The molecule has 1 unspecified atom stereocenters. The summed E-state index contributed by atoms with van der Waals surface area (Å²) in [6, 6.07) is 5.13. The molecule has 1 N–H and O–H groups in total. The minimum absolute atomic E-state index is 0.219. The van der Waals surface area contributed by atoms with Gasteiger partial charge in [0, 0.05) is 18.8 Å². The monoisotopic (exact) mass is 298 g/mol. The van der Waals surface area contributed by atoms with Gasteiger partial charge in [0.25, 0.3) is 0 Å².